The highest BCUT2D eigenvalue weighted by atomic mass is 16.5. The predicted molar refractivity (Wildman–Crippen MR) is 168 cm³/mol. The van der Waals surface area contributed by atoms with Crippen molar-refractivity contribution in [3.05, 3.63) is 119 Å². The minimum absolute atomic E-state index is 0.0814. The summed E-state index contributed by atoms with van der Waals surface area (Å²) in [7, 11) is 0. The molecule has 1 aliphatic heterocycles. The van der Waals surface area contributed by atoms with Crippen molar-refractivity contribution < 1.29 is 24.2 Å². The molecule has 0 fully saturated rings. The molecule has 0 unspecified atom stereocenters. The first-order valence-electron chi connectivity index (χ1n) is 14.5. The lowest BCUT2D eigenvalue weighted by atomic mass is 9.98. The number of fused-ring (bicyclic) bond motifs is 5. The van der Waals surface area contributed by atoms with Gasteiger partial charge in [-0.3, -0.25) is 14.9 Å². The number of carboxylic acids is 1. The van der Waals surface area contributed by atoms with Crippen molar-refractivity contribution in [1.82, 2.24) is 9.88 Å². The topological polar surface area (TPSA) is 124 Å². The highest BCUT2D eigenvalue weighted by Crippen LogP contribution is 2.44. The summed E-state index contributed by atoms with van der Waals surface area (Å²) in [5.74, 6) is -1.51. The number of amides is 2. The van der Waals surface area contributed by atoms with Crippen molar-refractivity contribution >= 4 is 40.2 Å². The number of carbonyl (C=O) groups is 3. The molecule has 0 bridgehead atoms. The Balaban J connectivity index is 1.13. The summed E-state index contributed by atoms with van der Waals surface area (Å²) in [6.45, 7) is -0.192. The van der Waals surface area contributed by atoms with Gasteiger partial charge in [-0.15, -0.1) is 0 Å². The van der Waals surface area contributed by atoms with E-state index >= 15 is 0 Å². The van der Waals surface area contributed by atoms with Crippen molar-refractivity contribution in [2.75, 3.05) is 23.8 Å². The molecule has 2 aliphatic rings. The molecular weight excluding hydrogens is 556 g/mol. The molecule has 0 spiro atoms. The van der Waals surface area contributed by atoms with E-state index in [0.717, 1.165) is 38.7 Å². The second kappa shape index (κ2) is 11.3. The third-order valence-electron chi connectivity index (χ3n) is 8.45. The number of nitrogens with one attached hydrogen (secondary N) is 3. The van der Waals surface area contributed by atoms with Crippen LogP contribution >= 0.6 is 0 Å². The zero-order valence-electron chi connectivity index (χ0n) is 23.7. The second-order valence-electron chi connectivity index (χ2n) is 11.1. The SMILES string of the molecule is O=C(O)CN1Cc2cccc(NC(=O)OCC3c4ccccc4-c4ccccc43)c2N[C@@H](Cc2c[nH]c3ccccc23)C1=O. The summed E-state index contributed by atoms with van der Waals surface area (Å²) in [5.41, 5.74) is 8.11. The van der Waals surface area contributed by atoms with E-state index in [9.17, 15) is 19.5 Å². The predicted octanol–water partition coefficient (Wildman–Crippen LogP) is 5.98. The van der Waals surface area contributed by atoms with Crippen LogP contribution in [0.25, 0.3) is 22.0 Å². The standard InChI is InChI=1S/C35H30N4O5/c40-32(41)19-39-18-21-8-7-15-30(33(21)37-31(34(39)42)16-22-17-36-29-14-6-5-9-23(22)29)38-35(43)44-20-28-26-12-3-1-10-24(26)25-11-2-4-13-27(25)28/h1-15,17,28,31,36-37H,16,18-20H2,(H,38,43)(H,40,41)/t31-/m0/s1. The summed E-state index contributed by atoms with van der Waals surface area (Å²) in [4.78, 5) is 43.1. The lowest BCUT2D eigenvalue weighted by Gasteiger charge is -2.23. The zero-order valence-corrected chi connectivity index (χ0v) is 23.7. The number of aromatic nitrogens is 1. The van der Waals surface area contributed by atoms with Gasteiger partial charge in [0.2, 0.25) is 5.91 Å². The van der Waals surface area contributed by atoms with Gasteiger partial charge in [-0.2, -0.15) is 0 Å². The molecule has 44 heavy (non-hydrogen) atoms. The van der Waals surface area contributed by atoms with Gasteiger partial charge in [0.1, 0.15) is 19.2 Å². The van der Waals surface area contributed by atoms with E-state index in [0.29, 0.717) is 23.4 Å². The molecule has 0 saturated heterocycles. The highest BCUT2D eigenvalue weighted by Gasteiger charge is 2.33. The molecule has 1 atom stereocenters. The van der Waals surface area contributed by atoms with Gasteiger partial charge in [0, 0.05) is 36.0 Å². The van der Waals surface area contributed by atoms with Crippen LogP contribution in [-0.2, 0) is 27.3 Å². The maximum absolute atomic E-state index is 13.7. The van der Waals surface area contributed by atoms with E-state index in [1.54, 1.807) is 12.1 Å². The molecule has 0 saturated carbocycles. The molecule has 1 aromatic heterocycles. The van der Waals surface area contributed by atoms with Crippen LogP contribution < -0.4 is 10.6 Å². The Labute approximate surface area is 253 Å². The number of ether oxygens (including phenoxy) is 1. The summed E-state index contributed by atoms with van der Waals surface area (Å²) in [5, 5.41) is 16.8. The Hall–Kier alpha value is -5.57. The van der Waals surface area contributed by atoms with Crippen molar-refractivity contribution in [2.24, 2.45) is 0 Å². The van der Waals surface area contributed by atoms with Crippen molar-refractivity contribution in [3.8, 4) is 11.1 Å². The molecule has 4 N–H and O–H groups in total. The average molecular weight is 587 g/mol. The van der Waals surface area contributed by atoms with Gasteiger partial charge < -0.3 is 25.0 Å². The smallest absolute Gasteiger partial charge is 0.411 e. The third-order valence-corrected chi connectivity index (χ3v) is 8.45. The largest absolute Gasteiger partial charge is 0.480 e. The molecular formula is C35H30N4O5. The Morgan fingerprint density at radius 3 is 2.36 bits per heavy atom. The molecule has 5 aromatic rings. The van der Waals surface area contributed by atoms with Crippen LogP contribution in [0.1, 0.15) is 28.2 Å². The Morgan fingerprint density at radius 2 is 1.61 bits per heavy atom. The van der Waals surface area contributed by atoms with Crippen molar-refractivity contribution in [1.29, 1.82) is 0 Å². The number of benzene rings is 4. The van der Waals surface area contributed by atoms with Gasteiger partial charge in [-0.05, 0) is 45.5 Å². The number of carboxylic acid groups (broad SMARTS) is 1. The number of hydrogen-bond acceptors (Lipinski definition) is 5. The summed E-state index contributed by atoms with van der Waals surface area (Å²) in [6, 6.07) is 28.7. The number of anilines is 2. The number of hydrogen-bond donors (Lipinski definition) is 4. The molecule has 4 aromatic carbocycles. The molecule has 1 aliphatic carbocycles. The average Bonchev–Trinajstić information content (AvgIpc) is 3.55. The fourth-order valence-electron chi connectivity index (χ4n) is 6.45. The third kappa shape index (κ3) is 5.02. The quantitative estimate of drug-likeness (QED) is 0.186. The first kappa shape index (κ1) is 27.3. The first-order valence-corrected chi connectivity index (χ1v) is 14.5. The van der Waals surface area contributed by atoms with E-state index in [-0.39, 0.29) is 25.0 Å². The Morgan fingerprint density at radius 1 is 0.909 bits per heavy atom. The molecule has 0 radical (unpaired) electrons. The Kier molecular flexibility index (Phi) is 6.98. The minimum atomic E-state index is -1.10. The monoisotopic (exact) mass is 586 g/mol. The maximum Gasteiger partial charge on any atom is 0.411 e. The van der Waals surface area contributed by atoms with Crippen molar-refractivity contribution in [3.63, 3.8) is 0 Å². The maximum atomic E-state index is 13.7. The van der Waals surface area contributed by atoms with Crippen LogP contribution in [0.5, 0.6) is 0 Å². The van der Waals surface area contributed by atoms with Crippen LogP contribution in [0, 0.1) is 0 Å². The highest BCUT2D eigenvalue weighted by molar-refractivity contribution is 5.95. The van der Waals surface area contributed by atoms with E-state index in [1.165, 1.54) is 4.90 Å². The second-order valence-corrected chi connectivity index (χ2v) is 11.1. The normalized spacial score (nSPS) is 15.6. The van der Waals surface area contributed by atoms with E-state index in [4.69, 9.17) is 4.74 Å². The number of carbonyl (C=O) groups excluding carboxylic acids is 2. The molecule has 9 nitrogen and oxygen atoms in total. The number of nitrogens with zero attached hydrogens (tertiary/aromatic N) is 1. The molecule has 9 heteroatoms. The van der Waals surface area contributed by atoms with Crippen molar-refractivity contribution in [2.45, 2.75) is 24.9 Å². The van der Waals surface area contributed by atoms with Crippen LogP contribution in [0.2, 0.25) is 0 Å². The molecule has 2 heterocycles. The molecule has 220 valence electrons. The molecule has 7 rings (SSSR count). The van der Waals surface area contributed by atoms with Crippen LogP contribution in [0.3, 0.4) is 0 Å². The lowest BCUT2D eigenvalue weighted by Crippen LogP contribution is -2.43. The number of rotatable bonds is 7. The Bertz CT molecular complexity index is 1870. The van der Waals surface area contributed by atoms with Gasteiger partial charge in [0.15, 0.2) is 0 Å². The molecule has 2 amide bonds. The number of para-hydroxylation sites is 2. The van der Waals surface area contributed by atoms with E-state index in [2.05, 4.69) is 39.9 Å². The number of aliphatic carboxylic acids is 1. The summed E-state index contributed by atoms with van der Waals surface area (Å²) >= 11 is 0. The summed E-state index contributed by atoms with van der Waals surface area (Å²) < 4.78 is 5.78. The van der Waals surface area contributed by atoms with Gasteiger partial charge in [0.25, 0.3) is 0 Å². The fraction of sp³-hybridized carbons (Fsp3) is 0.171. The first-order chi connectivity index (χ1) is 21.5. The van der Waals surface area contributed by atoms with Crippen LogP contribution in [0.4, 0.5) is 16.2 Å². The lowest BCUT2D eigenvalue weighted by molar-refractivity contribution is -0.145. The van der Waals surface area contributed by atoms with Gasteiger partial charge in [-0.1, -0.05) is 78.9 Å². The summed E-state index contributed by atoms with van der Waals surface area (Å²) in [6.07, 6.45) is 1.57. The van der Waals surface area contributed by atoms with Gasteiger partial charge in [-0.25, -0.2) is 4.79 Å². The fourth-order valence-corrected chi connectivity index (χ4v) is 6.45. The van der Waals surface area contributed by atoms with E-state index in [1.807, 2.05) is 60.8 Å². The number of H-pyrrole nitrogens is 1. The van der Waals surface area contributed by atoms with Gasteiger partial charge in [0.05, 0.1) is 11.4 Å². The van der Waals surface area contributed by atoms with Gasteiger partial charge >= 0.3 is 12.1 Å². The number of aromatic amines is 1. The van der Waals surface area contributed by atoms with E-state index < -0.39 is 24.6 Å². The minimum Gasteiger partial charge on any atom is -0.480 e. The zero-order chi connectivity index (χ0) is 30.2. The van der Waals surface area contributed by atoms with Crippen LogP contribution in [-0.4, -0.2) is 52.2 Å². The van der Waals surface area contributed by atoms with Crippen LogP contribution in [0.15, 0.2) is 97.2 Å².